The van der Waals surface area contributed by atoms with Gasteiger partial charge >= 0.3 is 0 Å². The molecule has 3 atom stereocenters. The van der Waals surface area contributed by atoms with Gasteiger partial charge in [-0.25, -0.2) is 0 Å². The number of hydroxylamine groups is 1. The number of rotatable bonds is 3. The molecule has 3 rings (SSSR count). The van der Waals surface area contributed by atoms with Crippen LogP contribution in [0, 0.1) is 22.3 Å². The molecule has 2 unspecified atom stereocenters. The summed E-state index contributed by atoms with van der Waals surface area (Å²) in [5.41, 5.74) is 6.13. The summed E-state index contributed by atoms with van der Waals surface area (Å²) < 4.78 is 1.35. The van der Waals surface area contributed by atoms with Gasteiger partial charge in [-0.15, -0.1) is 0 Å². The van der Waals surface area contributed by atoms with E-state index in [0.29, 0.717) is 18.1 Å². The van der Waals surface area contributed by atoms with Crippen molar-refractivity contribution < 1.29 is 4.84 Å². The maximum atomic E-state index is 5.90. The van der Waals surface area contributed by atoms with Crippen LogP contribution >= 0.6 is 22.6 Å². The minimum absolute atomic E-state index is 0.369. The first-order valence-corrected chi connectivity index (χ1v) is 7.96. The molecule has 1 aromatic carbocycles. The summed E-state index contributed by atoms with van der Waals surface area (Å²) >= 11 is 2.45. The lowest BCUT2D eigenvalue weighted by atomic mass is 9.85. The van der Waals surface area contributed by atoms with Gasteiger partial charge in [-0.05, 0) is 71.9 Å². The van der Waals surface area contributed by atoms with Gasteiger partial charge in [0.2, 0.25) is 0 Å². The third-order valence-corrected chi connectivity index (χ3v) is 5.26. The predicted molar refractivity (Wildman–Crippen MR) is 81.2 cm³/mol. The summed E-state index contributed by atoms with van der Waals surface area (Å²) in [6.07, 6.45) is 4.31. The molecule has 3 heteroatoms. The minimum atomic E-state index is 0.369. The molecule has 1 aliphatic carbocycles. The van der Waals surface area contributed by atoms with Crippen LogP contribution in [0.25, 0.3) is 0 Å². The minimum Gasteiger partial charge on any atom is -0.297 e. The van der Waals surface area contributed by atoms with Crippen LogP contribution < -0.4 is 5.48 Å². The van der Waals surface area contributed by atoms with E-state index in [9.17, 15) is 0 Å². The second kappa shape index (κ2) is 5.10. The molecular weight excluding hydrogens is 337 g/mol. The average Bonchev–Trinajstić information content (AvgIpc) is 3.10. The Morgan fingerprint density at radius 3 is 2.78 bits per heavy atom. The molecule has 1 N–H and O–H groups in total. The molecule has 2 aliphatic rings. The Balaban J connectivity index is 1.91. The van der Waals surface area contributed by atoms with E-state index in [1.54, 1.807) is 0 Å². The van der Waals surface area contributed by atoms with E-state index >= 15 is 0 Å². The SMILES string of the molecule is CCC1C(c2c(C)cccc2I)NO[C@H]1C1CC1. The fourth-order valence-corrected chi connectivity index (χ4v) is 4.14. The molecule has 98 valence electrons. The van der Waals surface area contributed by atoms with Crippen LogP contribution in [0.15, 0.2) is 18.2 Å². The van der Waals surface area contributed by atoms with Crippen LogP contribution in [0.2, 0.25) is 0 Å². The maximum Gasteiger partial charge on any atom is 0.0865 e. The molecule has 0 spiro atoms. The zero-order valence-electron chi connectivity index (χ0n) is 10.9. The normalized spacial score (nSPS) is 31.8. The van der Waals surface area contributed by atoms with Gasteiger partial charge in [0.25, 0.3) is 0 Å². The van der Waals surface area contributed by atoms with Gasteiger partial charge in [-0.3, -0.25) is 4.84 Å². The van der Waals surface area contributed by atoms with E-state index in [0.717, 1.165) is 5.92 Å². The summed E-state index contributed by atoms with van der Waals surface area (Å²) in [4.78, 5) is 5.90. The number of hydrogen-bond acceptors (Lipinski definition) is 2. The summed E-state index contributed by atoms with van der Waals surface area (Å²) in [6, 6.07) is 6.90. The third-order valence-electron chi connectivity index (χ3n) is 4.32. The van der Waals surface area contributed by atoms with Crippen molar-refractivity contribution in [1.29, 1.82) is 0 Å². The Kier molecular flexibility index (Phi) is 3.65. The van der Waals surface area contributed by atoms with Gasteiger partial charge in [-0.2, -0.15) is 5.48 Å². The second-order valence-electron chi connectivity index (χ2n) is 5.56. The lowest BCUT2D eigenvalue weighted by molar-refractivity contribution is 0.00578. The van der Waals surface area contributed by atoms with Crippen molar-refractivity contribution in [3.8, 4) is 0 Å². The Bertz CT molecular complexity index is 424. The van der Waals surface area contributed by atoms with Crippen LogP contribution in [-0.4, -0.2) is 6.10 Å². The molecule has 1 aromatic rings. The van der Waals surface area contributed by atoms with Crippen LogP contribution in [-0.2, 0) is 4.84 Å². The molecule has 1 aliphatic heterocycles. The zero-order valence-corrected chi connectivity index (χ0v) is 13.1. The first kappa shape index (κ1) is 12.9. The van der Waals surface area contributed by atoms with E-state index in [2.05, 4.69) is 60.1 Å². The van der Waals surface area contributed by atoms with Crippen molar-refractivity contribution in [1.82, 2.24) is 5.48 Å². The molecule has 1 saturated heterocycles. The van der Waals surface area contributed by atoms with Gasteiger partial charge < -0.3 is 0 Å². The number of aryl methyl sites for hydroxylation is 1. The van der Waals surface area contributed by atoms with E-state index < -0.39 is 0 Å². The number of halogens is 1. The Morgan fingerprint density at radius 1 is 1.39 bits per heavy atom. The van der Waals surface area contributed by atoms with Crippen LogP contribution in [0.1, 0.15) is 43.4 Å². The first-order chi connectivity index (χ1) is 8.72. The molecule has 1 heterocycles. The molecular formula is C15H20INO. The average molecular weight is 357 g/mol. The van der Waals surface area contributed by atoms with Crippen LogP contribution in [0.4, 0.5) is 0 Å². The van der Waals surface area contributed by atoms with Gasteiger partial charge in [0.1, 0.15) is 0 Å². The second-order valence-corrected chi connectivity index (χ2v) is 6.72. The Hall–Kier alpha value is -0.130. The fourth-order valence-electron chi connectivity index (χ4n) is 3.17. The van der Waals surface area contributed by atoms with Gasteiger partial charge in [0.05, 0.1) is 12.1 Å². The van der Waals surface area contributed by atoms with Crippen molar-refractivity contribution in [3.63, 3.8) is 0 Å². The van der Waals surface area contributed by atoms with Gasteiger partial charge in [-0.1, -0.05) is 19.1 Å². The van der Waals surface area contributed by atoms with Crippen molar-refractivity contribution in [2.45, 2.75) is 45.3 Å². The van der Waals surface area contributed by atoms with Crippen LogP contribution in [0.5, 0.6) is 0 Å². The maximum absolute atomic E-state index is 5.90. The van der Waals surface area contributed by atoms with Gasteiger partial charge in [0, 0.05) is 9.49 Å². The summed E-state index contributed by atoms with van der Waals surface area (Å²) in [5.74, 6) is 1.42. The lowest BCUT2D eigenvalue weighted by Gasteiger charge is -2.22. The quantitative estimate of drug-likeness (QED) is 0.827. The fraction of sp³-hybridized carbons (Fsp3) is 0.600. The van der Waals surface area contributed by atoms with Gasteiger partial charge in [0.15, 0.2) is 0 Å². The summed E-state index contributed by atoms with van der Waals surface area (Å²) in [5, 5.41) is 0. The van der Waals surface area contributed by atoms with E-state index in [1.165, 1.54) is 34.0 Å². The summed E-state index contributed by atoms with van der Waals surface area (Å²) in [6.45, 7) is 4.49. The monoisotopic (exact) mass is 357 g/mol. The molecule has 0 amide bonds. The highest BCUT2D eigenvalue weighted by atomic mass is 127. The first-order valence-electron chi connectivity index (χ1n) is 6.88. The molecule has 18 heavy (non-hydrogen) atoms. The van der Waals surface area contributed by atoms with Crippen LogP contribution in [0.3, 0.4) is 0 Å². The largest absolute Gasteiger partial charge is 0.297 e. The predicted octanol–water partition coefficient (Wildman–Crippen LogP) is 3.98. The highest BCUT2D eigenvalue weighted by Gasteiger charge is 2.46. The molecule has 1 saturated carbocycles. The smallest absolute Gasteiger partial charge is 0.0865 e. The Labute approximate surface area is 123 Å². The van der Waals surface area contributed by atoms with E-state index in [1.807, 2.05) is 0 Å². The van der Waals surface area contributed by atoms with E-state index in [-0.39, 0.29) is 0 Å². The highest BCUT2D eigenvalue weighted by Crippen LogP contribution is 2.46. The topological polar surface area (TPSA) is 21.3 Å². The molecule has 0 radical (unpaired) electrons. The zero-order chi connectivity index (χ0) is 12.7. The van der Waals surface area contributed by atoms with Crippen molar-refractivity contribution >= 4 is 22.6 Å². The van der Waals surface area contributed by atoms with E-state index in [4.69, 9.17) is 4.84 Å². The molecule has 2 fully saturated rings. The summed E-state index contributed by atoms with van der Waals surface area (Å²) in [7, 11) is 0. The standard InChI is InChI=1S/C15H20INO/c1-3-11-14(17-18-15(11)10-7-8-10)13-9(2)5-4-6-12(13)16/h4-6,10-11,14-15,17H,3,7-8H2,1-2H3/t11?,14?,15-/m0/s1. The van der Waals surface area contributed by atoms with Crippen molar-refractivity contribution in [2.75, 3.05) is 0 Å². The third kappa shape index (κ3) is 2.21. The highest BCUT2D eigenvalue weighted by molar-refractivity contribution is 14.1. The van der Waals surface area contributed by atoms with Crippen molar-refractivity contribution in [2.24, 2.45) is 11.8 Å². The molecule has 2 nitrogen and oxygen atoms in total. The number of hydrogen-bond donors (Lipinski definition) is 1. The number of benzene rings is 1. The number of nitrogens with one attached hydrogen (secondary N) is 1. The van der Waals surface area contributed by atoms with Crippen molar-refractivity contribution in [3.05, 3.63) is 32.9 Å². The lowest BCUT2D eigenvalue weighted by Crippen LogP contribution is -2.22. The molecule has 0 aromatic heterocycles. The Morgan fingerprint density at radius 2 is 2.17 bits per heavy atom. The molecule has 0 bridgehead atoms.